The van der Waals surface area contributed by atoms with Crippen LogP contribution in [0, 0.1) is 0 Å². The standard InChI is InChI=1S/C14H9F2N3O3/c15-14(16)22-8-4-2-1-3-7(8)9-11(20)10-12(19-13(9)21)18-6-5-17-10/h1-6,14H,(H2,18,19,20,21). The molecular weight excluding hydrogens is 296 g/mol. The van der Waals surface area contributed by atoms with Crippen LogP contribution in [0.3, 0.4) is 0 Å². The van der Waals surface area contributed by atoms with E-state index in [2.05, 4.69) is 19.7 Å². The molecule has 112 valence electrons. The third-order valence-electron chi connectivity index (χ3n) is 2.99. The van der Waals surface area contributed by atoms with Crippen LogP contribution in [0.2, 0.25) is 0 Å². The molecule has 0 radical (unpaired) electrons. The molecule has 22 heavy (non-hydrogen) atoms. The summed E-state index contributed by atoms with van der Waals surface area (Å²) in [6, 6.07) is 5.69. The SMILES string of the molecule is O=c1[nH]c2nccnc2c(O)c1-c1ccccc1OC(F)F. The van der Waals surface area contributed by atoms with Gasteiger partial charge in [-0.3, -0.25) is 4.79 Å². The Balaban J connectivity index is 2.29. The van der Waals surface area contributed by atoms with Gasteiger partial charge in [-0.25, -0.2) is 9.97 Å². The van der Waals surface area contributed by atoms with E-state index in [0.717, 1.165) is 0 Å². The number of aromatic amines is 1. The Morgan fingerprint density at radius 3 is 2.68 bits per heavy atom. The summed E-state index contributed by atoms with van der Waals surface area (Å²) in [6.07, 6.45) is 2.69. The van der Waals surface area contributed by atoms with Gasteiger partial charge in [-0.1, -0.05) is 18.2 Å². The van der Waals surface area contributed by atoms with Crippen molar-refractivity contribution < 1.29 is 18.6 Å². The van der Waals surface area contributed by atoms with E-state index in [1.54, 1.807) is 0 Å². The number of halogens is 2. The van der Waals surface area contributed by atoms with Gasteiger partial charge < -0.3 is 14.8 Å². The van der Waals surface area contributed by atoms with Crippen LogP contribution < -0.4 is 10.3 Å². The van der Waals surface area contributed by atoms with E-state index in [4.69, 9.17) is 0 Å². The van der Waals surface area contributed by atoms with E-state index in [1.165, 1.54) is 36.7 Å². The molecule has 6 nitrogen and oxygen atoms in total. The number of hydrogen-bond acceptors (Lipinski definition) is 5. The van der Waals surface area contributed by atoms with Crippen molar-refractivity contribution in [2.45, 2.75) is 6.61 Å². The van der Waals surface area contributed by atoms with E-state index >= 15 is 0 Å². The average Bonchev–Trinajstić information content (AvgIpc) is 2.48. The monoisotopic (exact) mass is 305 g/mol. The second-order valence-electron chi connectivity index (χ2n) is 4.31. The minimum Gasteiger partial charge on any atom is -0.505 e. The van der Waals surface area contributed by atoms with Crippen molar-refractivity contribution in [3.8, 4) is 22.6 Å². The number of hydrogen-bond donors (Lipinski definition) is 2. The Kier molecular flexibility index (Phi) is 3.42. The second-order valence-corrected chi connectivity index (χ2v) is 4.31. The van der Waals surface area contributed by atoms with E-state index in [9.17, 15) is 18.7 Å². The molecule has 0 amide bonds. The summed E-state index contributed by atoms with van der Waals surface area (Å²) in [6.45, 7) is -3.05. The first-order valence-corrected chi connectivity index (χ1v) is 6.18. The van der Waals surface area contributed by atoms with Gasteiger partial charge >= 0.3 is 6.61 Å². The molecule has 0 unspecified atom stereocenters. The van der Waals surface area contributed by atoms with Gasteiger partial charge in [0.05, 0.1) is 5.56 Å². The highest BCUT2D eigenvalue weighted by atomic mass is 19.3. The highest BCUT2D eigenvalue weighted by Gasteiger charge is 2.19. The number of para-hydroxylation sites is 1. The molecular formula is C14H9F2N3O3. The molecule has 0 aliphatic rings. The first-order chi connectivity index (χ1) is 10.6. The highest BCUT2D eigenvalue weighted by Crippen LogP contribution is 2.36. The predicted octanol–water partition coefficient (Wildman–Crippen LogP) is 2.29. The van der Waals surface area contributed by atoms with Gasteiger partial charge in [0.1, 0.15) is 11.3 Å². The third-order valence-corrected chi connectivity index (χ3v) is 2.99. The summed E-state index contributed by atoms with van der Waals surface area (Å²) in [4.78, 5) is 22.4. The molecule has 2 heterocycles. The molecule has 2 N–H and O–H groups in total. The van der Waals surface area contributed by atoms with Gasteiger partial charge in [-0.15, -0.1) is 0 Å². The molecule has 0 atom stereocenters. The zero-order chi connectivity index (χ0) is 15.7. The Labute approximate surface area is 122 Å². The van der Waals surface area contributed by atoms with Crippen molar-refractivity contribution in [3.05, 3.63) is 47.0 Å². The smallest absolute Gasteiger partial charge is 0.387 e. The number of rotatable bonds is 3. The fraction of sp³-hybridized carbons (Fsp3) is 0.0714. The number of nitrogens with zero attached hydrogens (tertiary/aromatic N) is 2. The molecule has 0 fully saturated rings. The summed E-state index contributed by atoms with van der Waals surface area (Å²) in [5.41, 5.74) is -0.695. The quantitative estimate of drug-likeness (QED) is 0.775. The Bertz CT molecular complexity index is 896. The normalized spacial score (nSPS) is 11.0. The fourth-order valence-corrected chi connectivity index (χ4v) is 2.12. The van der Waals surface area contributed by atoms with Crippen LogP contribution in [-0.2, 0) is 0 Å². The van der Waals surface area contributed by atoms with Gasteiger partial charge in [-0.2, -0.15) is 8.78 Å². The van der Waals surface area contributed by atoms with Crippen molar-refractivity contribution in [2.24, 2.45) is 0 Å². The minimum atomic E-state index is -3.05. The Hall–Kier alpha value is -3.03. The second kappa shape index (κ2) is 5.40. The van der Waals surface area contributed by atoms with Crippen LogP contribution in [0.5, 0.6) is 11.5 Å². The van der Waals surface area contributed by atoms with E-state index < -0.39 is 17.9 Å². The first-order valence-electron chi connectivity index (χ1n) is 6.18. The summed E-state index contributed by atoms with van der Waals surface area (Å²) in [5.74, 6) is -0.668. The minimum absolute atomic E-state index is 0.0362. The third kappa shape index (κ3) is 2.34. The van der Waals surface area contributed by atoms with E-state index in [1.807, 2.05) is 0 Å². The highest BCUT2D eigenvalue weighted by molar-refractivity contribution is 5.88. The van der Waals surface area contributed by atoms with E-state index in [0.29, 0.717) is 0 Å². The van der Waals surface area contributed by atoms with Crippen molar-refractivity contribution in [1.82, 2.24) is 15.0 Å². The summed E-state index contributed by atoms with van der Waals surface area (Å²) < 4.78 is 29.3. The van der Waals surface area contributed by atoms with Crippen LogP contribution in [0.4, 0.5) is 8.78 Å². The van der Waals surface area contributed by atoms with E-state index in [-0.39, 0.29) is 28.0 Å². The average molecular weight is 305 g/mol. The van der Waals surface area contributed by atoms with Crippen molar-refractivity contribution in [3.63, 3.8) is 0 Å². The molecule has 0 aliphatic carbocycles. The molecule has 3 aromatic rings. The molecule has 3 rings (SSSR count). The zero-order valence-corrected chi connectivity index (χ0v) is 11.0. The molecule has 0 aliphatic heterocycles. The summed E-state index contributed by atoms with van der Waals surface area (Å²) in [5, 5.41) is 10.3. The molecule has 8 heteroatoms. The number of nitrogens with one attached hydrogen (secondary N) is 1. The Morgan fingerprint density at radius 2 is 1.91 bits per heavy atom. The number of aromatic hydroxyl groups is 1. The number of benzene rings is 1. The largest absolute Gasteiger partial charge is 0.505 e. The maximum absolute atomic E-state index is 12.5. The van der Waals surface area contributed by atoms with Crippen molar-refractivity contribution >= 4 is 11.2 Å². The van der Waals surface area contributed by atoms with Gasteiger partial charge in [0.25, 0.3) is 5.56 Å². The van der Waals surface area contributed by atoms with Crippen LogP contribution in [0.1, 0.15) is 0 Å². The molecule has 2 aromatic heterocycles. The van der Waals surface area contributed by atoms with Crippen LogP contribution in [-0.4, -0.2) is 26.7 Å². The maximum Gasteiger partial charge on any atom is 0.387 e. The number of H-pyrrole nitrogens is 1. The van der Waals surface area contributed by atoms with Gasteiger partial charge in [-0.05, 0) is 6.07 Å². The fourth-order valence-electron chi connectivity index (χ4n) is 2.12. The van der Waals surface area contributed by atoms with Gasteiger partial charge in [0, 0.05) is 18.0 Å². The number of fused-ring (bicyclic) bond motifs is 1. The molecule has 0 saturated heterocycles. The van der Waals surface area contributed by atoms with Crippen LogP contribution >= 0.6 is 0 Å². The van der Waals surface area contributed by atoms with Crippen LogP contribution in [0.15, 0.2) is 41.5 Å². The number of aromatic nitrogens is 3. The molecule has 0 bridgehead atoms. The lowest BCUT2D eigenvalue weighted by molar-refractivity contribution is -0.0494. The molecule has 1 aromatic carbocycles. The zero-order valence-electron chi connectivity index (χ0n) is 11.0. The lowest BCUT2D eigenvalue weighted by atomic mass is 10.0. The van der Waals surface area contributed by atoms with Gasteiger partial charge in [0.2, 0.25) is 0 Å². The predicted molar refractivity (Wildman–Crippen MR) is 73.9 cm³/mol. The lowest BCUT2D eigenvalue weighted by Gasteiger charge is -2.11. The first kappa shape index (κ1) is 13.9. The topological polar surface area (TPSA) is 88.1 Å². The summed E-state index contributed by atoms with van der Waals surface area (Å²) in [7, 11) is 0. The number of ether oxygens (including phenoxy) is 1. The Morgan fingerprint density at radius 1 is 1.18 bits per heavy atom. The van der Waals surface area contributed by atoms with Crippen molar-refractivity contribution in [2.75, 3.05) is 0 Å². The van der Waals surface area contributed by atoms with Crippen LogP contribution in [0.25, 0.3) is 22.3 Å². The maximum atomic E-state index is 12.5. The van der Waals surface area contributed by atoms with Gasteiger partial charge in [0.15, 0.2) is 11.4 Å². The number of alkyl halides is 2. The lowest BCUT2D eigenvalue weighted by Crippen LogP contribution is -2.12. The van der Waals surface area contributed by atoms with Crippen molar-refractivity contribution in [1.29, 1.82) is 0 Å². The number of pyridine rings is 1. The molecule has 0 saturated carbocycles. The molecule has 0 spiro atoms. The summed E-state index contributed by atoms with van der Waals surface area (Å²) >= 11 is 0.